The number of benzene rings is 3. The number of fused-ring (bicyclic) bond motifs is 1. The second kappa shape index (κ2) is 5.70. The number of rotatable bonds is 2. The van der Waals surface area contributed by atoms with Crippen LogP contribution < -0.4 is 0 Å². The quantitative estimate of drug-likeness (QED) is 0.609. The topological polar surface area (TPSA) is 26.3 Å². The molecule has 0 N–H and O–H groups in total. The molecule has 104 valence electrons. The molecule has 0 heterocycles. The summed E-state index contributed by atoms with van der Waals surface area (Å²) in [4.78, 5) is 12.1. The Labute approximate surface area is 131 Å². The zero-order valence-corrected chi connectivity index (χ0v) is 13.1. The smallest absolute Gasteiger partial charge is 0.338 e. The molecule has 0 radical (unpaired) electrons. The SMILES string of the molecule is COC(=O)c1cc2ccccc2cc1-c1ccc(Br)cc1. The molecule has 3 rings (SSSR count). The van der Waals surface area contributed by atoms with Gasteiger partial charge >= 0.3 is 5.97 Å². The fourth-order valence-electron chi connectivity index (χ4n) is 2.39. The minimum absolute atomic E-state index is 0.321. The van der Waals surface area contributed by atoms with Crippen LogP contribution in [0.25, 0.3) is 21.9 Å². The predicted octanol–water partition coefficient (Wildman–Crippen LogP) is 5.06. The van der Waals surface area contributed by atoms with Gasteiger partial charge in [0.1, 0.15) is 0 Å². The summed E-state index contributed by atoms with van der Waals surface area (Å²) in [6.45, 7) is 0. The number of carbonyl (C=O) groups excluding carboxylic acids is 1. The number of esters is 1. The second-order valence-corrected chi connectivity index (χ2v) is 5.66. The number of halogens is 1. The van der Waals surface area contributed by atoms with Crippen LogP contribution in [0.3, 0.4) is 0 Å². The normalized spacial score (nSPS) is 10.6. The summed E-state index contributed by atoms with van der Waals surface area (Å²) in [6, 6.07) is 19.8. The van der Waals surface area contributed by atoms with Gasteiger partial charge in [0.25, 0.3) is 0 Å². The van der Waals surface area contributed by atoms with Gasteiger partial charge in [0.2, 0.25) is 0 Å². The lowest BCUT2D eigenvalue weighted by molar-refractivity contribution is 0.0602. The monoisotopic (exact) mass is 340 g/mol. The summed E-state index contributed by atoms with van der Waals surface area (Å²) < 4.78 is 5.93. The lowest BCUT2D eigenvalue weighted by atomic mass is 9.95. The van der Waals surface area contributed by atoms with Crippen molar-refractivity contribution in [3.8, 4) is 11.1 Å². The summed E-state index contributed by atoms with van der Waals surface area (Å²) in [5.41, 5.74) is 2.45. The summed E-state index contributed by atoms with van der Waals surface area (Å²) in [5, 5.41) is 2.13. The maximum Gasteiger partial charge on any atom is 0.338 e. The van der Waals surface area contributed by atoms with Crippen molar-refractivity contribution in [2.45, 2.75) is 0 Å². The van der Waals surface area contributed by atoms with E-state index in [4.69, 9.17) is 4.74 Å². The molecule has 0 atom stereocenters. The molecule has 0 fully saturated rings. The van der Waals surface area contributed by atoms with Crippen molar-refractivity contribution in [3.63, 3.8) is 0 Å². The van der Waals surface area contributed by atoms with Crippen molar-refractivity contribution in [2.75, 3.05) is 7.11 Å². The Morgan fingerprint density at radius 1 is 0.952 bits per heavy atom. The Hall–Kier alpha value is -2.13. The maximum atomic E-state index is 12.1. The van der Waals surface area contributed by atoms with Crippen molar-refractivity contribution in [3.05, 3.63) is 70.7 Å². The van der Waals surface area contributed by atoms with E-state index in [1.54, 1.807) is 0 Å². The lowest BCUT2D eigenvalue weighted by Gasteiger charge is -2.10. The number of methoxy groups -OCH3 is 1. The molecule has 21 heavy (non-hydrogen) atoms. The van der Waals surface area contributed by atoms with E-state index in [1.807, 2.05) is 60.7 Å². The van der Waals surface area contributed by atoms with E-state index < -0.39 is 0 Å². The van der Waals surface area contributed by atoms with Gasteiger partial charge in [0, 0.05) is 4.47 Å². The fraction of sp³-hybridized carbons (Fsp3) is 0.0556. The number of hydrogen-bond donors (Lipinski definition) is 0. The first-order valence-corrected chi connectivity index (χ1v) is 7.35. The van der Waals surface area contributed by atoms with Gasteiger partial charge in [-0.15, -0.1) is 0 Å². The molecule has 0 amide bonds. The second-order valence-electron chi connectivity index (χ2n) is 4.74. The van der Waals surface area contributed by atoms with Gasteiger partial charge in [-0.05, 0) is 46.2 Å². The van der Waals surface area contributed by atoms with Crippen molar-refractivity contribution < 1.29 is 9.53 Å². The molecule has 0 aliphatic heterocycles. The Bertz CT molecular complexity index is 807. The third-order valence-electron chi connectivity index (χ3n) is 3.45. The number of carbonyl (C=O) groups is 1. The van der Waals surface area contributed by atoms with Crippen LogP contribution in [-0.2, 0) is 4.74 Å². The molecule has 0 spiro atoms. The van der Waals surface area contributed by atoms with E-state index in [2.05, 4.69) is 15.9 Å². The van der Waals surface area contributed by atoms with Crippen molar-refractivity contribution in [1.29, 1.82) is 0 Å². The first-order valence-electron chi connectivity index (χ1n) is 6.56. The number of ether oxygens (including phenoxy) is 1. The summed E-state index contributed by atoms with van der Waals surface area (Å²) in [6.07, 6.45) is 0. The third kappa shape index (κ3) is 2.69. The van der Waals surface area contributed by atoms with Gasteiger partial charge in [-0.25, -0.2) is 4.79 Å². The van der Waals surface area contributed by atoms with Crippen LogP contribution in [0.5, 0.6) is 0 Å². The molecule has 2 nitrogen and oxygen atoms in total. The molecule has 3 heteroatoms. The highest BCUT2D eigenvalue weighted by atomic mass is 79.9. The van der Waals surface area contributed by atoms with Crippen LogP contribution in [-0.4, -0.2) is 13.1 Å². The van der Waals surface area contributed by atoms with Crippen LogP contribution in [0.2, 0.25) is 0 Å². The van der Waals surface area contributed by atoms with Gasteiger partial charge < -0.3 is 4.74 Å². The Morgan fingerprint density at radius 3 is 2.19 bits per heavy atom. The Kier molecular flexibility index (Phi) is 3.76. The van der Waals surface area contributed by atoms with Crippen LogP contribution in [0.15, 0.2) is 65.1 Å². The van der Waals surface area contributed by atoms with E-state index in [9.17, 15) is 4.79 Å². The molecule has 0 unspecified atom stereocenters. The molecule has 0 saturated heterocycles. The largest absolute Gasteiger partial charge is 0.465 e. The van der Waals surface area contributed by atoms with Crippen molar-refractivity contribution in [2.24, 2.45) is 0 Å². The van der Waals surface area contributed by atoms with Gasteiger partial charge in [0.05, 0.1) is 12.7 Å². The minimum atomic E-state index is -0.321. The summed E-state index contributed by atoms with van der Waals surface area (Å²) in [7, 11) is 1.41. The standard InChI is InChI=1S/C18H13BrO2/c1-21-18(20)17-11-14-5-3-2-4-13(14)10-16(17)12-6-8-15(19)9-7-12/h2-11H,1H3. The van der Waals surface area contributed by atoms with Gasteiger partial charge in [-0.2, -0.15) is 0 Å². The Morgan fingerprint density at radius 2 is 1.57 bits per heavy atom. The number of hydrogen-bond acceptors (Lipinski definition) is 2. The van der Waals surface area contributed by atoms with Gasteiger partial charge in [-0.1, -0.05) is 52.3 Å². The van der Waals surface area contributed by atoms with Crippen LogP contribution in [0.1, 0.15) is 10.4 Å². The molecule has 0 aliphatic carbocycles. The van der Waals surface area contributed by atoms with E-state index in [0.29, 0.717) is 5.56 Å². The third-order valence-corrected chi connectivity index (χ3v) is 3.98. The van der Waals surface area contributed by atoms with E-state index in [1.165, 1.54) is 7.11 Å². The highest BCUT2D eigenvalue weighted by Crippen LogP contribution is 2.30. The molecule has 0 aromatic heterocycles. The zero-order valence-electron chi connectivity index (χ0n) is 11.5. The predicted molar refractivity (Wildman–Crippen MR) is 88.4 cm³/mol. The first-order chi connectivity index (χ1) is 10.2. The molecule has 0 saturated carbocycles. The molecular formula is C18H13BrO2. The molecule has 0 aliphatic rings. The summed E-state index contributed by atoms with van der Waals surface area (Å²) >= 11 is 3.43. The Balaban J connectivity index is 2.27. The fourth-order valence-corrected chi connectivity index (χ4v) is 2.65. The molecule has 3 aromatic carbocycles. The highest BCUT2D eigenvalue weighted by molar-refractivity contribution is 9.10. The van der Waals surface area contributed by atoms with Crippen molar-refractivity contribution in [1.82, 2.24) is 0 Å². The molecule has 3 aromatic rings. The average molecular weight is 341 g/mol. The molecular weight excluding hydrogens is 328 g/mol. The summed E-state index contributed by atoms with van der Waals surface area (Å²) in [5.74, 6) is -0.321. The van der Waals surface area contributed by atoms with Gasteiger partial charge in [0.15, 0.2) is 0 Å². The lowest BCUT2D eigenvalue weighted by Crippen LogP contribution is -2.03. The van der Waals surface area contributed by atoms with E-state index in [0.717, 1.165) is 26.4 Å². The first kappa shape index (κ1) is 13.8. The highest BCUT2D eigenvalue weighted by Gasteiger charge is 2.14. The van der Waals surface area contributed by atoms with Crippen molar-refractivity contribution >= 4 is 32.7 Å². The van der Waals surface area contributed by atoms with Crippen LogP contribution in [0.4, 0.5) is 0 Å². The van der Waals surface area contributed by atoms with E-state index >= 15 is 0 Å². The zero-order chi connectivity index (χ0) is 14.8. The van der Waals surface area contributed by atoms with Crippen LogP contribution in [0, 0.1) is 0 Å². The van der Waals surface area contributed by atoms with Crippen LogP contribution >= 0.6 is 15.9 Å². The van der Waals surface area contributed by atoms with Gasteiger partial charge in [-0.3, -0.25) is 0 Å². The molecule has 0 bridgehead atoms. The minimum Gasteiger partial charge on any atom is -0.465 e. The maximum absolute atomic E-state index is 12.1. The van der Waals surface area contributed by atoms with E-state index in [-0.39, 0.29) is 5.97 Å². The average Bonchev–Trinajstić information content (AvgIpc) is 2.53.